The van der Waals surface area contributed by atoms with E-state index in [9.17, 15) is 13.2 Å². The van der Waals surface area contributed by atoms with E-state index in [0.717, 1.165) is 12.1 Å². The van der Waals surface area contributed by atoms with Crippen molar-refractivity contribution in [3.8, 4) is 11.5 Å². The third kappa shape index (κ3) is 2.73. The van der Waals surface area contributed by atoms with Crippen molar-refractivity contribution < 1.29 is 23.0 Å². The monoisotopic (exact) mass is 193 g/mol. The lowest BCUT2D eigenvalue weighted by Gasteiger charge is -2.09. The summed E-state index contributed by atoms with van der Waals surface area (Å²) in [6.45, 7) is 0. The minimum Gasteiger partial charge on any atom is -0.504 e. The Kier molecular flexibility index (Phi) is 2.22. The molecule has 1 aromatic carbocycles. The molecule has 0 amide bonds. The zero-order valence-corrected chi connectivity index (χ0v) is 6.30. The van der Waals surface area contributed by atoms with E-state index in [1.807, 2.05) is 0 Å². The number of halogens is 3. The maximum Gasteiger partial charge on any atom is 0.573 e. The van der Waals surface area contributed by atoms with Crippen molar-refractivity contribution in [2.75, 3.05) is 5.73 Å². The molecule has 0 aliphatic heterocycles. The van der Waals surface area contributed by atoms with Crippen LogP contribution in [-0.2, 0) is 0 Å². The molecule has 0 fully saturated rings. The largest absolute Gasteiger partial charge is 0.573 e. The maximum atomic E-state index is 11.7. The van der Waals surface area contributed by atoms with Crippen molar-refractivity contribution in [3.63, 3.8) is 0 Å². The van der Waals surface area contributed by atoms with Crippen LogP contribution in [0.3, 0.4) is 0 Å². The number of anilines is 1. The van der Waals surface area contributed by atoms with E-state index in [-0.39, 0.29) is 5.69 Å². The van der Waals surface area contributed by atoms with Crippen LogP contribution in [0.4, 0.5) is 18.9 Å². The number of benzene rings is 1. The first kappa shape index (κ1) is 9.50. The van der Waals surface area contributed by atoms with Gasteiger partial charge in [0.1, 0.15) is 0 Å². The summed E-state index contributed by atoms with van der Waals surface area (Å²) in [6.07, 6.45) is -4.81. The van der Waals surface area contributed by atoms with E-state index >= 15 is 0 Å². The third-order valence-electron chi connectivity index (χ3n) is 1.21. The second kappa shape index (κ2) is 3.04. The molecule has 72 valence electrons. The molecule has 1 aromatic rings. The minimum atomic E-state index is -4.81. The van der Waals surface area contributed by atoms with Crippen LogP contribution < -0.4 is 10.5 Å². The van der Waals surface area contributed by atoms with Gasteiger partial charge < -0.3 is 15.6 Å². The van der Waals surface area contributed by atoms with Gasteiger partial charge in [-0.05, 0) is 12.1 Å². The fourth-order valence-corrected chi connectivity index (χ4v) is 0.745. The number of phenols is 1. The molecule has 0 saturated carbocycles. The predicted octanol–water partition coefficient (Wildman–Crippen LogP) is 1.87. The summed E-state index contributed by atoms with van der Waals surface area (Å²) in [6, 6.07) is 3.11. The smallest absolute Gasteiger partial charge is 0.504 e. The Morgan fingerprint density at radius 2 is 1.92 bits per heavy atom. The average molecular weight is 193 g/mol. The van der Waals surface area contributed by atoms with Gasteiger partial charge in [0.05, 0.1) is 0 Å². The van der Waals surface area contributed by atoms with Gasteiger partial charge in [0.25, 0.3) is 0 Å². The van der Waals surface area contributed by atoms with Crippen LogP contribution in [-0.4, -0.2) is 11.5 Å². The van der Waals surface area contributed by atoms with Gasteiger partial charge in [-0.25, -0.2) is 0 Å². The summed E-state index contributed by atoms with van der Waals surface area (Å²) >= 11 is 0. The molecule has 0 unspecified atom stereocenters. The van der Waals surface area contributed by atoms with Gasteiger partial charge >= 0.3 is 6.36 Å². The van der Waals surface area contributed by atoms with Gasteiger partial charge in [0.2, 0.25) is 0 Å². The van der Waals surface area contributed by atoms with Crippen molar-refractivity contribution in [3.05, 3.63) is 18.2 Å². The highest BCUT2D eigenvalue weighted by Crippen LogP contribution is 2.32. The predicted molar refractivity (Wildman–Crippen MR) is 39.2 cm³/mol. The summed E-state index contributed by atoms with van der Waals surface area (Å²) in [5.74, 6) is -1.31. The van der Waals surface area contributed by atoms with Crippen LogP contribution in [0, 0.1) is 0 Å². The third-order valence-corrected chi connectivity index (χ3v) is 1.21. The van der Waals surface area contributed by atoms with Crippen molar-refractivity contribution in [2.24, 2.45) is 0 Å². The first-order valence-corrected chi connectivity index (χ1v) is 3.23. The van der Waals surface area contributed by atoms with E-state index in [2.05, 4.69) is 4.74 Å². The van der Waals surface area contributed by atoms with E-state index in [1.54, 1.807) is 0 Å². The molecule has 6 heteroatoms. The zero-order chi connectivity index (χ0) is 10.1. The van der Waals surface area contributed by atoms with Gasteiger partial charge in [0, 0.05) is 11.8 Å². The van der Waals surface area contributed by atoms with Crippen LogP contribution in [0.2, 0.25) is 0 Å². The van der Waals surface area contributed by atoms with E-state index in [1.165, 1.54) is 6.07 Å². The second-order valence-corrected chi connectivity index (χ2v) is 2.27. The molecule has 0 radical (unpaired) electrons. The highest BCUT2D eigenvalue weighted by atomic mass is 19.4. The van der Waals surface area contributed by atoms with E-state index in [4.69, 9.17) is 10.8 Å². The molecule has 0 spiro atoms. The highest BCUT2D eigenvalue weighted by molar-refractivity contribution is 5.51. The molecule has 3 N–H and O–H groups in total. The number of hydrogen-bond acceptors (Lipinski definition) is 3. The number of rotatable bonds is 1. The number of nitrogens with two attached hydrogens (primary N) is 1. The number of hydrogen-bond donors (Lipinski definition) is 2. The van der Waals surface area contributed by atoms with Gasteiger partial charge in [-0.15, -0.1) is 13.2 Å². The van der Waals surface area contributed by atoms with Crippen molar-refractivity contribution in [2.45, 2.75) is 6.36 Å². The Morgan fingerprint density at radius 3 is 2.38 bits per heavy atom. The van der Waals surface area contributed by atoms with Crippen molar-refractivity contribution in [1.82, 2.24) is 0 Å². The number of alkyl halides is 3. The lowest BCUT2D eigenvalue weighted by atomic mass is 10.3. The number of ether oxygens (including phenoxy) is 1. The summed E-state index contributed by atoms with van der Waals surface area (Å²) < 4.78 is 38.5. The molecule has 0 heterocycles. The Morgan fingerprint density at radius 1 is 1.31 bits per heavy atom. The van der Waals surface area contributed by atoms with E-state index < -0.39 is 17.9 Å². The van der Waals surface area contributed by atoms with Gasteiger partial charge in [-0.2, -0.15) is 0 Å². The van der Waals surface area contributed by atoms with Crippen molar-refractivity contribution >= 4 is 5.69 Å². The lowest BCUT2D eigenvalue weighted by Crippen LogP contribution is -2.17. The molecule has 13 heavy (non-hydrogen) atoms. The Bertz CT molecular complexity index is 311. The van der Waals surface area contributed by atoms with Gasteiger partial charge in [-0.1, -0.05) is 0 Å². The summed E-state index contributed by atoms with van der Waals surface area (Å²) in [5, 5.41) is 8.95. The van der Waals surface area contributed by atoms with Crippen LogP contribution in [0.5, 0.6) is 11.5 Å². The molecule has 0 atom stereocenters. The highest BCUT2D eigenvalue weighted by Gasteiger charge is 2.32. The molecule has 0 aliphatic rings. The summed E-state index contributed by atoms with van der Waals surface area (Å²) in [4.78, 5) is 0. The molecule has 0 bridgehead atoms. The summed E-state index contributed by atoms with van der Waals surface area (Å²) in [7, 11) is 0. The first-order valence-electron chi connectivity index (χ1n) is 3.23. The Labute approximate surface area is 71.5 Å². The SMILES string of the molecule is Nc1ccc(OC(F)(F)F)c(O)c1. The number of aromatic hydroxyl groups is 1. The number of phenolic OH excluding ortho intramolecular Hbond substituents is 1. The van der Waals surface area contributed by atoms with Crippen LogP contribution in [0.25, 0.3) is 0 Å². The van der Waals surface area contributed by atoms with Gasteiger partial charge in [-0.3, -0.25) is 0 Å². The molecule has 0 aliphatic carbocycles. The standard InChI is InChI=1S/C7H6F3NO2/c8-7(9,10)13-6-2-1-4(11)3-5(6)12/h1-3,12H,11H2. The Balaban J connectivity index is 2.90. The molecule has 0 saturated heterocycles. The normalized spacial score (nSPS) is 11.3. The van der Waals surface area contributed by atoms with Crippen LogP contribution in [0.1, 0.15) is 0 Å². The van der Waals surface area contributed by atoms with Gasteiger partial charge in [0.15, 0.2) is 11.5 Å². The van der Waals surface area contributed by atoms with Crippen LogP contribution in [0.15, 0.2) is 18.2 Å². The molecule has 0 aromatic heterocycles. The maximum absolute atomic E-state index is 11.7. The molecular weight excluding hydrogens is 187 g/mol. The summed E-state index contributed by atoms with van der Waals surface area (Å²) in [5.41, 5.74) is 5.35. The average Bonchev–Trinajstić information content (AvgIpc) is 1.93. The first-order chi connectivity index (χ1) is 5.88. The molecular formula is C7H6F3NO2. The number of nitrogen functional groups attached to an aromatic ring is 1. The lowest BCUT2D eigenvalue weighted by molar-refractivity contribution is -0.275. The fourth-order valence-electron chi connectivity index (χ4n) is 0.745. The molecule has 1 rings (SSSR count). The second-order valence-electron chi connectivity index (χ2n) is 2.27. The minimum absolute atomic E-state index is 0.159. The molecule has 3 nitrogen and oxygen atoms in total. The zero-order valence-electron chi connectivity index (χ0n) is 6.30. The van der Waals surface area contributed by atoms with Crippen LogP contribution >= 0.6 is 0 Å². The Hall–Kier alpha value is -1.59. The topological polar surface area (TPSA) is 55.5 Å². The quantitative estimate of drug-likeness (QED) is 0.669. The van der Waals surface area contributed by atoms with E-state index in [0.29, 0.717) is 0 Å². The van der Waals surface area contributed by atoms with Crippen molar-refractivity contribution in [1.29, 1.82) is 0 Å². The fraction of sp³-hybridized carbons (Fsp3) is 0.143.